The summed E-state index contributed by atoms with van der Waals surface area (Å²) in [6.07, 6.45) is 0. The number of carbonyl (C=O) groups excluding carboxylic acids is 1. The van der Waals surface area contributed by atoms with E-state index in [4.69, 9.17) is 16.3 Å². The van der Waals surface area contributed by atoms with E-state index >= 15 is 0 Å². The van der Waals surface area contributed by atoms with Gasteiger partial charge in [0.1, 0.15) is 11.4 Å². The van der Waals surface area contributed by atoms with E-state index in [2.05, 4.69) is 20.6 Å². The van der Waals surface area contributed by atoms with Crippen molar-refractivity contribution in [3.8, 4) is 5.75 Å². The number of ether oxygens (including phenoxy) is 1. The molecule has 0 bridgehead atoms. The highest BCUT2D eigenvalue weighted by Gasteiger charge is 2.13. The van der Waals surface area contributed by atoms with Crippen LogP contribution < -0.4 is 15.4 Å². The SMILES string of the molecule is CCOc1ccc(Nc2nc(C)cc(C(=O)Nc3cccc(Cl)c3C)n2)cc1. The van der Waals surface area contributed by atoms with Crippen molar-refractivity contribution >= 4 is 34.8 Å². The standard InChI is InChI=1S/C21H21ClN4O2/c1-4-28-16-10-8-15(9-11-16)24-21-23-13(2)12-19(26-21)20(27)25-18-7-5-6-17(22)14(18)3/h5-12H,4H2,1-3H3,(H,25,27)(H,23,24,26). The molecule has 2 aromatic carbocycles. The molecule has 0 radical (unpaired) electrons. The monoisotopic (exact) mass is 396 g/mol. The minimum Gasteiger partial charge on any atom is -0.494 e. The summed E-state index contributed by atoms with van der Waals surface area (Å²) >= 11 is 6.12. The van der Waals surface area contributed by atoms with Crippen LogP contribution in [-0.4, -0.2) is 22.5 Å². The molecule has 0 aliphatic carbocycles. The number of rotatable bonds is 6. The average molecular weight is 397 g/mol. The molecular formula is C21H21ClN4O2. The molecule has 0 aliphatic heterocycles. The molecule has 0 spiro atoms. The van der Waals surface area contributed by atoms with Gasteiger partial charge in [0, 0.05) is 22.1 Å². The van der Waals surface area contributed by atoms with E-state index in [9.17, 15) is 4.79 Å². The quantitative estimate of drug-likeness (QED) is 0.603. The van der Waals surface area contributed by atoms with E-state index < -0.39 is 0 Å². The summed E-state index contributed by atoms with van der Waals surface area (Å²) in [6.45, 7) is 6.21. The Balaban J connectivity index is 1.78. The first-order valence-electron chi connectivity index (χ1n) is 8.88. The van der Waals surface area contributed by atoms with Gasteiger partial charge in [0.05, 0.1) is 6.61 Å². The van der Waals surface area contributed by atoms with Crippen molar-refractivity contribution in [3.63, 3.8) is 0 Å². The first-order valence-corrected chi connectivity index (χ1v) is 9.26. The second-order valence-corrected chi connectivity index (χ2v) is 6.57. The highest BCUT2D eigenvalue weighted by molar-refractivity contribution is 6.31. The van der Waals surface area contributed by atoms with Crippen molar-refractivity contribution in [1.82, 2.24) is 9.97 Å². The lowest BCUT2D eigenvalue weighted by molar-refractivity contribution is 0.102. The van der Waals surface area contributed by atoms with Crippen molar-refractivity contribution in [3.05, 3.63) is 70.5 Å². The van der Waals surface area contributed by atoms with Gasteiger partial charge < -0.3 is 15.4 Å². The summed E-state index contributed by atoms with van der Waals surface area (Å²) in [7, 11) is 0. The van der Waals surface area contributed by atoms with E-state index in [1.54, 1.807) is 24.3 Å². The van der Waals surface area contributed by atoms with Crippen LogP contribution in [0.4, 0.5) is 17.3 Å². The van der Waals surface area contributed by atoms with Crippen molar-refractivity contribution in [2.24, 2.45) is 0 Å². The molecule has 0 atom stereocenters. The fourth-order valence-electron chi connectivity index (χ4n) is 2.60. The number of nitrogens with zero attached hydrogens (tertiary/aromatic N) is 2. The fraction of sp³-hybridized carbons (Fsp3) is 0.190. The minimum atomic E-state index is -0.328. The summed E-state index contributed by atoms with van der Waals surface area (Å²) in [5, 5.41) is 6.56. The molecule has 2 N–H and O–H groups in total. The van der Waals surface area contributed by atoms with Crippen molar-refractivity contribution in [2.45, 2.75) is 20.8 Å². The highest BCUT2D eigenvalue weighted by Crippen LogP contribution is 2.24. The second kappa shape index (κ2) is 8.71. The number of halogens is 1. The third-order valence-corrected chi connectivity index (χ3v) is 4.43. The molecule has 0 unspecified atom stereocenters. The second-order valence-electron chi connectivity index (χ2n) is 6.17. The van der Waals surface area contributed by atoms with E-state index in [1.165, 1.54) is 0 Å². The first-order chi connectivity index (χ1) is 13.5. The molecule has 0 saturated heterocycles. The third kappa shape index (κ3) is 4.78. The molecule has 144 valence electrons. The summed E-state index contributed by atoms with van der Waals surface area (Å²) < 4.78 is 5.43. The Morgan fingerprint density at radius 1 is 1.11 bits per heavy atom. The summed E-state index contributed by atoms with van der Waals surface area (Å²) in [5.41, 5.74) is 3.19. The van der Waals surface area contributed by atoms with Gasteiger partial charge in [-0.1, -0.05) is 17.7 Å². The number of hydrogen-bond donors (Lipinski definition) is 2. The van der Waals surface area contributed by atoms with E-state index in [-0.39, 0.29) is 11.6 Å². The Labute approximate surface area is 168 Å². The molecule has 0 fully saturated rings. The van der Waals surface area contributed by atoms with Gasteiger partial charge in [0.15, 0.2) is 0 Å². The zero-order chi connectivity index (χ0) is 20.1. The number of nitrogens with one attached hydrogen (secondary N) is 2. The average Bonchev–Trinajstić information content (AvgIpc) is 2.67. The number of benzene rings is 2. The maximum absolute atomic E-state index is 12.7. The van der Waals surface area contributed by atoms with Crippen LogP contribution in [0, 0.1) is 13.8 Å². The fourth-order valence-corrected chi connectivity index (χ4v) is 2.77. The smallest absolute Gasteiger partial charge is 0.274 e. The summed E-state index contributed by atoms with van der Waals surface area (Å²) in [4.78, 5) is 21.4. The molecule has 1 aromatic heterocycles. The van der Waals surface area contributed by atoms with Gasteiger partial charge in [0.25, 0.3) is 5.91 Å². The molecule has 7 heteroatoms. The number of amides is 1. The Morgan fingerprint density at radius 2 is 1.86 bits per heavy atom. The van der Waals surface area contributed by atoms with Gasteiger partial charge in [-0.05, 0) is 68.8 Å². The Morgan fingerprint density at radius 3 is 2.57 bits per heavy atom. The summed E-state index contributed by atoms with van der Waals surface area (Å²) in [5.74, 6) is 0.804. The molecule has 3 rings (SSSR count). The molecule has 6 nitrogen and oxygen atoms in total. The van der Waals surface area contributed by atoms with Crippen LogP contribution in [0.1, 0.15) is 28.7 Å². The van der Waals surface area contributed by atoms with Crippen molar-refractivity contribution in [1.29, 1.82) is 0 Å². The van der Waals surface area contributed by atoms with Gasteiger partial charge in [-0.2, -0.15) is 0 Å². The van der Waals surface area contributed by atoms with Crippen LogP contribution in [0.25, 0.3) is 0 Å². The number of hydrogen-bond acceptors (Lipinski definition) is 5. The lowest BCUT2D eigenvalue weighted by Gasteiger charge is -2.11. The number of aryl methyl sites for hydroxylation is 1. The topological polar surface area (TPSA) is 76.1 Å². The summed E-state index contributed by atoms with van der Waals surface area (Å²) in [6, 6.07) is 14.5. The predicted molar refractivity (Wildman–Crippen MR) is 112 cm³/mol. The predicted octanol–water partition coefficient (Wildman–Crippen LogP) is 5.14. The lowest BCUT2D eigenvalue weighted by atomic mass is 10.2. The van der Waals surface area contributed by atoms with Crippen molar-refractivity contribution < 1.29 is 9.53 Å². The highest BCUT2D eigenvalue weighted by atomic mass is 35.5. The van der Waals surface area contributed by atoms with Crippen LogP contribution in [0.5, 0.6) is 5.75 Å². The number of aromatic nitrogens is 2. The van der Waals surface area contributed by atoms with E-state index in [1.807, 2.05) is 45.0 Å². The third-order valence-electron chi connectivity index (χ3n) is 4.02. The maximum Gasteiger partial charge on any atom is 0.274 e. The van der Waals surface area contributed by atoms with Gasteiger partial charge in [-0.15, -0.1) is 0 Å². The molecule has 28 heavy (non-hydrogen) atoms. The molecule has 3 aromatic rings. The maximum atomic E-state index is 12.7. The van der Waals surface area contributed by atoms with E-state index in [0.29, 0.717) is 29.0 Å². The van der Waals surface area contributed by atoms with Crippen LogP contribution in [0.15, 0.2) is 48.5 Å². The van der Waals surface area contributed by atoms with Gasteiger partial charge in [-0.3, -0.25) is 4.79 Å². The Bertz CT molecular complexity index is 990. The zero-order valence-corrected chi connectivity index (χ0v) is 16.7. The van der Waals surface area contributed by atoms with Crippen LogP contribution >= 0.6 is 11.6 Å². The van der Waals surface area contributed by atoms with Gasteiger partial charge in [-0.25, -0.2) is 9.97 Å². The largest absolute Gasteiger partial charge is 0.494 e. The van der Waals surface area contributed by atoms with Gasteiger partial charge in [0.2, 0.25) is 5.95 Å². The molecule has 0 aliphatic rings. The van der Waals surface area contributed by atoms with Crippen LogP contribution in [0.3, 0.4) is 0 Å². The van der Waals surface area contributed by atoms with E-state index in [0.717, 1.165) is 17.0 Å². The van der Waals surface area contributed by atoms with Gasteiger partial charge >= 0.3 is 0 Å². The molecule has 1 heterocycles. The normalized spacial score (nSPS) is 10.4. The number of anilines is 3. The van der Waals surface area contributed by atoms with Crippen LogP contribution in [0.2, 0.25) is 5.02 Å². The van der Waals surface area contributed by atoms with Crippen LogP contribution in [-0.2, 0) is 0 Å². The minimum absolute atomic E-state index is 0.264. The molecule has 1 amide bonds. The molecule has 0 saturated carbocycles. The molecular weight excluding hydrogens is 376 g/mol. The number of carbonyl (C=O) groups is 1. The Kier molecular flexibility index (Phi) is 6.11. The zero-order valence-electron chi connectivity index (χ0n) is 15.9. The first kappa shape index (κ1) is 19.6. The Hall–Kier alpha value is -3.12. The lowest BCUT2D eigenvalue weighted by Crippen LogP contribution is -2.16. The van der Waals surface area contributed by atoms with Crippen molar-refractivity contribution in [2.75, 3.05) is 17.2 Å².